The molecule has 0 fully saturated rings. The molecule has 0 N–H and O–H groups in total. The number of carboxylic acids is 1. The van der Waals surface area contributed by atoms with Gasteiger partial charge in [0.25, 0.3) is 0 Å². The summed E-state index contributed by atoms with van der Waals surface area (Å²) < 4.78 is 22.5. The lowest BCUT2D eigenvalue weighted by atomic mass is 10.0. The summed E-state index contributed by atoms with van der Waals surface area (Å²) in [6, 6.07) is 0. The first kappa shape index (κ1) is 51.3. The van der Waals surface area contributed by atoms with Crippen LogP contribution in [0.15, 0.2) is 0 Å². The summed E-state index contributed by atoms with van der Waals surface area (Å²) in [6.07, 6.45) is 32.7. The highest BCUT2D eigenvalue weighted by atomic mass is 16.7. The van der Waals surface area contributed by atoms with E-state index in [2.05, 4.69) is 13.8 Å². The first-order valence-electron chi connectivity index (χ1n) is 22.2. The Labute approximate surface area is 326 Å². The third kappa shape index (κ3) is 38.4. The fraction of sp³-hybridized carbons (Fsp3) is 0.932. The molecule has 0 aliphatic rings. The van der Waals surface area contributed by atoms with Crippen LogP contribution in [0.2, 0.25) is 0 Å². The minimum absolute atomic E-state index is 0.153. The number of ether oxygens (including phenoxy) is 4. The van der Waals surface area contributed by atoms with Gasteiger partial charge in [0, 0.05) is 12.8 Å². The Bertz CT molecular complexity index is 846. The van der Waals surface area contributed by atoms with E-state index < -0.39 is 24.3 Å². The van der Waals surface area contributed by atoms with Gasteiger partial charge in [-0.15, -0.1) is 0 Å². The fourth-order valence-electron chi connectivity index (χ4n) is 6.36. The van der Waals surface area contributed by atoms with Gasteiger partial charge in [-0.05, 0) is 12.8 Å². The molecule has 9 heteroatoms. The molecular weight excluding hydrogens is 670 g/mol. The number of aliphatic carboxylic acids is 1. The first-order valence-corrected chi connectivity index (χ1v) is 22.2. The summed E-state index contributed by atoms with van der Waals surface area (Å²) in [5.41, 5.74) is 0. The number of hydrogen-bond donors (Lipinski definition) is 0. The van der Waals surface area contributed by atoms with Crippen LogP contribution < -0.4 is 5.11 Å². The van der Waals surface area contributed by atoms with Crippen molar-refractivity contribution in [3.05, 3.63) is 0 Å². The third-order valence-electron chi connectivity index (χ3n) is 9.85. The number of esters is 2. The van der Waals surface area contributed by atoms with Gasteiger partial charge in [0.2, 0.25) is 0 Å². The van der Waals surface area contributed by atoms with Crippen molar-refractivity contribution < 1.29 is 42.9 Å². The van der Waals surface area contributed by atoms with E-state index >= 15 is 0 Å². The molecule has 0 aromatic heterocycles. The quantitative estimate of drug-likeness (QED) is 0.0263. The molecule has 0 saturated heterocycles. The van der Waals surface area contributed by atoms with Crippen LogP contribution in [0.25, 0.3) is 0 Å². The Hall–Kier alpha value is -1.71. The summed E-state index contributed by atoms with van der Waals surface area (Å²) in [4.78, 5) is 36.9. The normalized spacial score (nSPS) is 12.8. The van der Waals surface area contributed by atoms with Gasteiger partial charge >= 0.3 is 11.9 Å². The molecule has 53 heavy (non-hydrogen) atoms. The zero-order valence-corrected chi connectivity index (χ0v) is 35.4. The molecule has 0 radical (unpaired) electrons. The van der Waals surface area contributed by atoms with Gasteiger partial charge in [-0.2, -0.15) is 0 Å². The second-order valence-corrected chi connectivity index (χ2v) is 16.4. The van der Waals surface area contributed by atoms with Crippen LogP contribution >= 0.6 is 0 Å². The molecule has 0 aliphatic heterocycles. The van der Waals surface area contributed by atoms with Crippen molar-refractivity contribution in [3.63, 3.8) is 0 Å². The van der Waals surface area contributed by atoms with Crippen LogP contribution in [0.4, 0.5) is 0 Å². The monoisotopic (exact) mass is 756 g/mol. The molecule has 0 heterocycles. The second kappa shape index (κ2) is 37.2. The van der Waals surface area contributed by atoms with E-state index in [1.807, 2.05) is 21.1 Å². The van der Waals surface area contributed by atoms with Crippen molar-refractivity contribution in [2.45, 2.75) is 219 Å². The number of carbonyl (C=O) groups excluding carboxylic acids is 3. The van der Waals surface area contributed by atoms with Crippen LogP contribution in [-0.4, -0.2) is 82.3 Å². The Morgan fingerprint density at radius 3 is 1.21 bits per heavy atom. The first-order chi connectivity index (χ1) is 25.6. The smallest absolute Gasteiger partial charge is 0.306 e. The molecule has 2 atom stereocenters. The number of quaternary nitrogens is 1. The topological polar surface area (TPSA) is 111 Å². The van der Waals surface area contributed by atoms with Crippen LogP contribution in [0, 0.1) is 0 Å². The number of rotatable bonds is 41. The predicted molar refractivity (Wildman–Crippen MR) is 214 cm³/mol. The lowest BCUT2D eigenvalue weighted by Crippen LogP contribution is -2.44. The third-order valence-corrected chi connectivity index (χ3v) is 9.85. The minimum atomic E-state index is -1.61. The maximum atomic E-state index is 12.7. The van der Waals surface area contributed by atoms with Gasteiger partial charge in [-0.3, -0.25) is 9.59 Å². The molecule has 0 saturated carbocycles. The van der Waals surface area contributed by atoms with Gasteiger partial charge < -0.3 is 33.3 Å². The van der Waals surface area contributed by atoms with E-state index in [-0.39, 0.29) is 32.2 Å². The number of likely N-dealkylation sites (N-methyl/N-ethyl adjacent to an activating group) is 1. The Morgan fingerprint density at radius 1 is 0.491 bits per heavy atom. The van der Waals surface area contributed by atoms with E-state index in [0.29, 0.717) is 17.4 Å². The van der Waals surface area contributed by atoms with E-state index in [4.69, 9.17) is 18.9 Å². The van der Waals surface area contributed by atoms with E-state index in [0.717, 1.165) is 38.5 Å². The summed E-state index contributed by atoms with van der Waals surface area (Å²) in [5.74, 6) is -2.27. The van der Waals surface area contributed by atoms with Crippen LogP contribution in [0.5, 0.6) is 0 Å². The van der Waals surface area contributed by atoms with Crippen LogP contribution in [0.1, 0.15) is 206 Å². The molecule has 0 amide bonds. The number of unbranched alkanes of at least 4 members (excludes halogenated alkanes) is 26. The van der Waals surface area contributed by atoms with Gasteiger partial charge in [0.15, 0.2) is 12.4 Å². The Balaban J connectivity index is 4.40. The van der Waals surface area contributed by atoms with Crippen molar-refractivity contribution in [1.82, 2.24) is 0 Å². The lowest BCUT2D eigenvalue weighted by Gasteiger charge is -2.26. The summed E-state index contributed by atoms with van der Waals surface area (Å²) in [7, 11) is 5.91. The number of nitrogens with zero attached hydrogens (tertiary/aromatic N) is 1. The number of carboxylic acid groups (broad SMARTS) is 1. The molecule has 9 nitrogen and oxygen atoms in total. The van der Waals surface area contributed by atoms with Crippen molar-refractivity contribution in [1.29, 1.82) is 0 Å². The lowest BCUT2D eigenvalue weighted by molar-refractivity contribution is -0.870. The zero-order chi connectivity index (χ0) is 39.3. The molecular formula is C44H85NO8. The highest BCUT2D eigenvalue weighted by Crippen LogP contribution is 2.16. The molecule has 0 aromatic rings. The number of hydrogen-bond acceptors (Lipinski definition) is 8. The minimum Gasteiger partial charge on any atom is -0.545 e. The molecule has 0 rings (SSSR count). The van der Waals surface area contributed by atoms with Crippen molar-refractivity contribution in [2.24, 2.45) is 0 Å². The van der Waals surface area contributed by atoms with E-state index in [1.54, 1.807) is 0 Å². The van der Waals surface area contributed by atoms with Crippen LogP contribution in [0.3, 0.4) is 0 Å². The van der Waals surface area contributed by atoms with Gasteiger partial charge in [-0.1, -0.05) is 181 Å². The predicted octanol–water partition coefficient (Wildman–Crippen LogP) is 10.00. The average molecular weight is 756 g/mol. The largest absolute Gasteiger partial charge is 0.545 e. The van der Waals surface area contributed by atoms with Gasteiger partial charge in [0.1, 0.15) is 13.2 Å². The maximum Gasteiger partial charge on any atom is 0.306 e. The average Bonchev–Trinajstić information content (AvgIpc) is 3.11. The molecule has 0 aliphatic carbocycles. The highest BCUT2D eigenvalue weighted by molar-refractivity contribution is 5.70. The second-order valence-electron chi connectivity index (χ2n) is 16.4. The standard InChI is InChI=1S/C44H85NO8/c1-6-8-10-12-14-16-18-20-21-22-23-25-27-29-31-33-35-42(47)53-40(39-52-44(43(48)49)50-37-36-45(3,4)5)38-51-41(46)34-32-30-28-26-24-19-17-15-13-11-9-7-2/h40,44H,6-39H2,1-5H3. The molecule has 2 unspecified atom stereocenters. The van der Waals surface area contributed by atoms with E-state index in [9.17, 15) is 19.5 Å². The summed E-state index contributed by atoms with van der Waals surface area (Å²) in [5, 5.41) is 11.7. The zero-order valence-electron chi connectivity index (χ0n) is 35.4. The molecule has 314 valence electrons. The van der Waals surface area contributed by atoms with Crippen molar-refractivity contribution in [2.75, 3.05) is 47.5 Å². The number of carbonyl (C=O) groups is 3. The van der Waals surface area contributed by atoms with Gasteiger partial charge in [-0.25, -0.2) is 0 Å². The Morgan fingerprint density at radius 2 is 0.849 bits per heavy atom. The van der Waals surface area contributed by atoms with Crippen molar-refractivity contribution >= 4 is 17.9 Å². The van der Waals surface area contributed by atoms with Crippen LogP contribution in [-0.2, 0) is 33.3 Å². The van der Waals surface area contributed by atoms with E-state index in [1.165, 1.54) is 141 Å². The van der Waals surface area contributed by atoms with Crippen molar-refractivity contribution in [3.8, 4) is 0 Å². The maximum absolute atomic E-state index is 12.7. The Kier molecular flexibility index (Phi) is 36.0. The fourth-order valence-corrected chi connectivity index (χ4v) is 6.36. The summed E-state index contributed by atoms with van der Waals surface area (Å²) >= 11 is 0. The highest BCUT2D eigenvalue weighted by Gasteiger charge is 2.21. The van der Waals surface area contributed by atoms with Gasteiger partial charge in [0.05, 0.1) is 40.3 Å². The molecule has 0 bridgehead atoms. The molecule has 0 spiro atoms. The SMILES string of the molecule is CCCCCCCCCCCCCCCCCCC(=O)OC(COC(=O)CCCCCCCCCCCCCC)COC(OCC[N+](C)(C)C)C(=O)[O-]. The summed E-state index contributed by atoms with van der Waals surface area (Å²) in [6.45, 7) is 4.76. The molecule has 0 aromatic carbocycles.